The Morgan fingerprint density at radius 2 is 1.55 bits per heavy atom. The van der Waals surface area contributed by atoms with Gasteiger partial charge in [-0.3, -0.25) is 0 Å². The van der Waals surface area contributed by atoms with Crippen LogP contribution in [0.3, 0.4) is 0 Å². The fraction of sp³-hybridized carbons (Fsp3) is 0.486. The molecule has 5 heterocycles. The number of aliphatic hydroxyl groups is 2. The molecule has 7 N–H and O–H groups in total. The molecule has 8 rings (SSSR count). The normalized spacial score (nSPS) is 24.3. The van der Waals surface area contributed by atoms with Gasteiger partial charge in [-0.1, -0.05) is 31.2 Å². The van der Waals surface area contributed by atoms with Crippen LogP contribution in [0.2, 0.25) is 0 Å². The number of phenolic OH excluding ortho intramolecular Hbond substituents is 2. The van der Waals surface area contributed by atoms with E-state index in [4.69, 9.17) is 15.0 Å². The molecule has 5 aromatic rings. The molecule has 18 heteroatoms. The molecule has 0 radical (unpaired) electrons. The van der Waals surface area contributed by atoms with Gasteiger partial charge in [-0.15, -0.1) is 10.2 Å². The van der Waals surface area contributed by atoms with Crippen LogP contribution in [0.25, 0.3) is 11.2 Å². The number of nitrogens with one attached hydrogen (secondary N) is 3. The van der Waals surface area contributed by atoms with Crippen molar-refractivity contribution in [2.75, 3.05) is 50.0 Å². The molecule has 3 aliphatic rings. The number of anilines is 2. The van der Waals surface area contributed by atoms with E-state index in [0.717, 1.165) is 30.6 Å². The Morgan fingerprint density at radius 1 is 0.891 bits per heavy atom. The van der Waals surface area contributed by atoms with Crippen molar-refractivity contribution in [2.24, 2.45) is 0 Å². The lowest BCUT2D eigenvalue weighted by molar-refractivity contribution is 0.00473. The van der Waals surface area contributed by atoms with E-state index in [1.54, 1.807) is 35.2 Å². The monoisotopic (exact) mass is 753 g/mol. The van der Waals surface area contributed by atoms with Gasteiger partial charge in [0.05, 0.1) is 12.4 Å². The first-order chi connectivity index (χ1) is 26.6. The number of carbonyl (C=O) groups is 1. The number of hydrogen-bond donors (Lipinski definition) is 7. The largest absolute Gasteiger partial charge is 0.508 e. The van der Waals surface area contributed by atoms with E-state index in [9.17, 15) is 25.2 Å². The fourth-order valence-corrected chi connectivity index (χ4v) is 8.01. The number of carbonyl (C=O) groups excluding carboxylic acids is 1. The molecule has 2 aromatic carbocycles. The second kappa shape index (κ2) is 15.3. The molecule has 18 nitrogen and oxygen atoms in total. The number of likely N-dealkylation sites (N-methyl/N-ethyl adjacent to an activating group) is 1. The number of aromatic hydroxyl groups is 2. The molecule has 1 saturated carbocycles. The number of aliphatic hydroxyl groups excluding tert-OH is 2. The average molecular weight is 754 g/mol. The second-order valence-electron chi connectivity index (χ2n) is 14.8. The number of aromatic nitrogens is 8. The lowest BCUT2D eigenvalue weighted by Crippen LogP contribution is -2.47. The van der Waals surface area contributed by atoms with Gasteiger partial charge in [0.15, 0.2) is 22.8 Å². The second-order valence-corrected chi connectivity index (χ2v) is 14.8. The van der Waals surface area contributed by atoms with E-state index in [0.29, 0.717) is 67.7 Å². The summed E-state index contributed by atoms with van der Waals surface area (Å²) >= 11 is 0. The van der Waals surface area contributed by atoms with Crippen LogP contribution in [0.1, 0.15) is 61.1 Å². The van der Waals surface area contributed by atoms with Crippen molar-refractivity contribution >= 4 is 29.0 Å². The summed E-state index contributed by atoms with van der Waals surface area (Å²) in [5, 5.41) is 65.0. The minimum Gasteiger partial charge on any atom is -0.508 e. The van der Waals surface area contributed by atoms with Gasteiger partial charge in [0.2, 0.25) is 5.95 Å². The van der Waals surface area contributed by atoms with E-state index in [2.05, 4.69) is 36.3 Å². The molecule has 2 aliphatic heterocycles. The predicted molar refractivity (Wildman–Crippen MR) is 202 cm³/mol. The number of hydrogen-bond acceptors (Lipinski definition) is 14. The van der Waals surface area contributed by atoms with Gasteiger partial charge in [-0.05, 0) is 73.5 Å². The van der Waals surface area contributed by atoms with Crippen LogP contribution in [-0.2, 0) is 6.42 Å². The summed E-state index contributed by atoms with van der Waals surface area (Å²) in [5.41, 5.74) is 2.82. The Morgan fingerprint density at radius 3 is 2.18 bits per heavy atom. The van der Waals surface area contributed by atoms with Crippen molar-refractivity contribution in [3.8, 4) is 11.5 Å². The van der Waals surface area contributed by atoms with Crippen LogP contribution in [-0.4, -0.2) is 135 Å². The summed E-state index contributed by atoms with van der Waals surface area (Å²) in [6.45, 7) is 5.17. The Bertz CT molecular complexity index is 2060. The van der Waals surface area contributed by atoms with Crippen LogP contribution in [0.15, 0.2) is 54.9 Å². The maximum Gasteiger partial charge on any atom is 0.315 e. The third-order valence-corrected chi connectivity index (χ3v) is 11.1. The van der Waals surface area contributed by atoms with E-state index in [1.165, 1.54) is 4.80 Å². The summed E-state index contributed by atoms with van der Waals surface area (Å²) in [6, 6.07) is 12.6. The summed E-state index contributed by atoms with van der Waals surface area (Å²) < 4.78 is 1.78. The SMILES string of the molecule is CCc1nnn(C2CC(n3cnc4c(NCC(c5ccc(O)cc5)c5ccc(O)cc5)nc(N5CCC(NC(=O)NC6CCN(C)C6)C5)nc43)[C@H](O)[C@@H]2O)n1. The zero-order valence-corrected chi connectivity index (χ0v) is 30.8. The van der Waals surface area contributed by atoms with E-state index < -0.39 is 24.3 Å². The van der Waals surface area contributed by atoms with Crippen LogP contribution >= 0.6 is 0 Å². The Balaban J connectivity index is 1.10. The number of rotatable bonds is 11. The van der Waals surface area contributed by atoms with Gasteiger partial charge < -0.3 is 50.7 Å². The van der Waals surface area contributed by atoms with Gasteiger partial charge in [0.25, 0.3) is 0 Å². The standard InChI is InChI=1S/C37H47N13O5/c1-3-30-44-46-50(45-30)29-16-28(32(53)33(29)54)49-20-39-31-34(38-17-27(21-4-8-25(51)9-5-21)22-6-10-26(52)11-7-22)42-36(43-35(31)49)48-15-13-24(19-48)41-37(55)40-23-12-14-47(2)18-23/h4-11,20,23-24,27-29,32-33,51-54H,3,12-19H2,1-2H3,(H,38,42,43)(H2,40,41,55)/t23?,24?,28?,29?,32-,33+/m0/s1. The first kappa shape index (κ1) is 36.4. The molecule has 2 amide bonds. The number of urea groups is 1. The molecule has 55 heavy (non-hydrogen) atoms. The zero-order valence-electron chi connectivity index (χ0n) is 30.8. The maximum atomic E-state index is 12.9. The lowest BCUT2D eigenvalue weighted by Gasteiger charge is -2.22. The number of imidazole rings is 1. The Hall–Kier alpha value is -5.59. The molecule has 1 aliphatic carbocycles. The summed E-state index contributed by atoms with van der Waals surface area (Å²) in [6.07, 6.45) is 1.80. The fourth-order valence-electron chi connectivity index (χ4n) is 8.01. The van der Waals surface area contributed by atoms with Crippen molar-refractivity contribution < 1.29 is 25.2 Å². The maximum absolute atomic E-state index is 12.9. The smallest absolute Gasteiger partial charge is 0.315 e. The Kier molecular flexibility index (Phi) is 10.1. The molecule has 290 valence electrons. The van der Waals surface area contributed by atoms with Crippen LogP contribution < -0.4 is 20.9 Å². The van der Waals surface area contributed by atoms with Crippen molar-refractivity contribution in [3.05, 3.63) is 71.8 Å². The molecule has 3 aromatic heterocycles. The van der Waals surface area contributed by atoms with E-state index in [1.807, 2.05) is 43.1 Å². The number of likely N-dealkylation sites (tertiary alicyclic amines) is 1. The van der Waals surface area contributed by atoms with Crippen molar-refractivity contribution in [1.29, 1.82) is 0 Å². The summed E-state index contributed by atoms with van der Waals surface area (Å²) in [4.78, 5) is 33.3. The first-order valence-corrected chi connectivity index (χ1v) is 18.8. The lowest BCUT2D eigenvalue weighted by atomic mass is 9.91. The number of amides is 2. The minimum atomic E-state index is -1.17. The topological polar surface area (TPSA) is 228 Å². The quantitative estimate of drug-likeness (QED) is 0.102. The molecule has 0 bridgehead atoms. The van der Waals surface area contributed by atoms with Crippen LogP contribution in [0.4, 0.5) is 16.6 Å². The number of nitrogens with zero attached hydrogens (tertiary/aromatic N) is 10. The first-order valence-electron chi connectivity index (χ1n) is 18.8. The third-order valence-electron chi connectivity index (χ3n) is 11.1. The highest BCUT2D eigenvalue weighted by atomic mass is 16.3. The van der Waals surface area contributed by atoms with Gasteiger partial charge in [0.1, 0.15) is 29.7 Å². The highest BCUT2D eigenvalue weighted by molar-refractivity contribution is 5.84. The third kappa shape index (κ3) is 7.56. The number of aryl methyl sites for hydroxylation is 1. The molecular weight excluding hydrogens is 706 g/mol. The zero-order chi connectivity index (χ0) is 38.2. The highest BCUT2D eigenvalue weighted by Crippen LogP contribution is 2.40. The number of fused-ring (bicyclic) bond motifs is 1. The van der Waals surface area contributed by atoms with E-state index in [-0.39, 0.29) is 35.5 Å². The molecule has 4 unspecified atom stereocenters. The predicted octanol–water partition coefficient (Wildman–Crippen LogP) is 1.52. The molecule has 3 fully saturated rings. The average Bonchev–Trinajstić information content (AvgIpc) is 4.03. The van der Waals surface area contributed by atoms with Crippen LogP contribution in [0, 0.1) is 0 Å². The highest BCUT2D eigenvalue weighted by Gasteiger charge is 2.45. The number of benzene rings is 2. The van der Waals surface area contributed by atoms with Crippen LogP contribution in [0.5, 0.6) is 11.5 Å². The minimum absolute atomic E-state index is 0.118. The number of tetrazole rings is 1. The number of phenols is 2. The van der Waals surface area contributed by atoms with Gasteiger partial charge >= 0.3 is 6.03 Å². The molecule has 2 saturated heterocycles. The summed E-state index contributed by atoms with van der Waals surface area (Å²) in [5.74, 6) is 1.55. The van der Waals surface area contributed by atoms with Crippen molar-refractivity contribution in [2.45, 2.75) is 74.9 Å². The van der Waals surface area contributed by atoms with Gasteiger partial charge in [-0.2, -0.15) is 14.8 Å². The molecule has 0 spiro atoms. The molecule has 6 atom stereocenters. The molecular formula is C37H47N13O5. The van der Waals surface area contributed by atoms with E-state index >= 15 is 0 Å². The summed E-state index contributed by atoms with van der Waals surface area (Å²) in [7, 11) is 2.05. The van der Waals surface area contributed by atoms with Crippen molar-refractivity contribution in [3.63, 3.8) is 0 Å². The van der Waals surface area contributed by atoms with Crippen molar-refractivity contribution in [1.82, 2.24) is 55.3 Å². The van der Waals surface area contributed by atoms with Gasteiger partial charge in [-0.25, -0.2) is 9.78 Å². The Labute approximate surface area is 317 Å². The van der Waals surface area contributed by atoms with Gasteiger partial charge in [0, 0.05) is 50.6 Å².